The highest BCUT2D eigenvalue weighted by molar-refractivity contribution is 5.76. The number of carbonyl (C=O) groups is 1. The average molecular weight is 342 g/mol. The molecule has 4 nitrogen and oxygen atoms in total. The van der Waals surface area contributed by atoms with Gasteiger partial charge in [0, 0.05) is 31.9 Å². The third kappa shape index (κ3) is 4.63. The number of carbonyl (C=O) groups excluding carboxylic acids is 1. The summed E-state index contributed by atoms with van der Waals surface area (Å²) < 4.78 is 13.0. The number of pyridine rings is 1. The summed E-state index contributed by atoms with van der Waals surface area (Å²) in [5, 5.41) is 10.5. The molecule has 2 heterocycles. The van der Waals surface area contributed by atoms with Crippen LogP contribution < -0.4 is 0 Å². The molecule has 1 aromatic carbocycles. The van der Waals surface area contributed by atoms with Gasteiger partial charge in [-0.3, -0.25) is 9.78 Å². The molecule has 0 aliphatic carbocycles. The van der Waals surface area contributed by atoms with Gasteiger partial charge in [-0.15, -0.1) is 0 Å². The normalized spacial score (nSPS) is 16.6. The van der Waals surface area contributed by atoms with Crippen LogP contribution in [-0.4, -0.2) is 34.0 Å². The highest BCUT2D eigenvalue weighted by Crippen LogP contribution is 2.31. The number of nitrogens with zero attached hydrogens (tertiary/aromatic N) is 2. The molecule has 1 atom stereocenters. The topological polar surface area (TPSA) is 53.4 Å². The third-order valence-corrected chi connectivity index (χ3v) is 4.90. The van der Waals surface area contributed by atoms with Crippen LogP contribution in [0.1, 0.15) is 36.5 Å². The number of hydrogen-bond donors (Lipinski definition) is 1. The standard InChI is InChI=1S/C20H23FN2O2/c21-18-6-4-16(5-7-18)20(25)17-9-12-23(13-10-17)19(24)8-3-15-2-1-11-22-14-15/h1-2,4-7,11,14,17,20,25H,3,8-10,12-13H2. The van der Waals surface area contributed by atoms with Gasteiger partial charge in [-0.1, -0.05) is 18.2 Å². The van der Waals surface area contributed by atoms with Crippen molar-refractivity contribution in [3.05, 3.63) is 65.7 Å². The van der Waals surface area contributed by atoms with E-state index in [-0.39, 0.29) is 17.6 Å². The molecule has 1 fully saturated rings. The quantitative estimate of drug-likeness (QED) is 0.908. The summed E-state index contributed by atoms with van der Waals surface area (Å²) >= 11 is 0. The second-order valence-corrected chi connectivity index (χ2v) is 6.58. The van der Waals surface area contributed by atoms with E-state index in [0.717, 1.165) is 24.0 Å². The fraction of sp³-hybridized carbons (Fsp3) is 0.400. The van der Waals surface area contributed by atoms with Crippen molar-refractivity contribution in [3.63, 3.8) is 0 Å². The number of benzene rings is 1. The van der Waals surface area contributed by atoms with Gasteiger partial charge < -0.3 is 10.0 Å². The Morgan fingerprint density at radius 3 is 2.60 bits per heavy atom. The first-order valence-electron chi connectivity index (χ1n) is 8.73. The second kappa shape index (κ2) is 8.21. The number of aromatic nitrogens is 1. The van der Waals surface area contributed by atoms with Gasteiger partial charge in [-0.2, -0.15) is 0 Å². The van der Waals surface area contributed by atoms with Crippen molar-refractivity contribution in [2.45, 2.75) is 31.8 Å². The van der Waals surface area contributed by atoms with E-state index >= 15 is 0 Å². The zero-order valence-electron chi connectivity index (χ0n) is 14.1. The summed E-state index contributed by atoms with van der Waals surface area (Å²) in [6.07, 6.45) is 5.62. The molecule has 25 heavy (non-hydrogen) atoms. The fourth-order valence-electron chi connectivity index (χ4n) is 3.35. The van der Waals surface area contributed by atoms with Crippen LogP contribution in [-0.2, 0) is 11.2 Å². The molecule has 1 saturated heterocycles. The highest BCUT2D eigenvalue weighted by Gasteiger charge is 2.28. The molecule has 0 saturated carbocycles. The Labute approximate surface area is 147 Å². The van der Waals surface area contributed by atoms with E-state index in [1.807, 2.05) is 17.0 Å². The van der Waals surface area contributed by atoms with Crippen LogP contribution in [0.3, 0.4) is 0 Å². The molecule has 1 aromatic heterocycles. The Hall–Kier alpha value is -2.27. The molecule has 1 amide bonds. The Balaban J connectivity index is 1.47. The van der Waals surface area contributed by atoms with Crippen molar-refractivity contribution >= 4 is 5.91 Å². The lowest BCUT2D eigenvalue weighted by Gasteiger charge is -2.34. The number of rotatable bonds is 5. The van der Waals surface area contributed by atoms with Gasteiger partial charge in [0.15, 0.2) is 0 Å². The molecule has 1 aliphatic heterocycles. The maximum Gasteiger partial charge on any atom is 0.222 e. The summed E-state index contributed by atoms with van der Waals surface area (Å²) in [6, 6.07) is 9.86. The minimum absolute atomic E-state index is 0.104. The van der Waals surface area contributed by atoms with Crippen molar-refractivity contribution in [2.24, 2.45) is 5.92 Å². The lowest BCUT2D eigenvalue weighted by atomic mass is 9.87. The van der Waals surface area contributed by atoms with E-state index in [1.54, 1.807) is 24.5 Å². The first kappa shape index (κ1) is 17.5. The van der Waals surface area contributed by atoms with Crippen molar-refractivity contribution in [3.8, 4) is 0 Å². The van der Waals surface area contributed by atoms with Gasteiger partial charge >= 0.3 is 0 Å². The lowest BCUT2D eigenvalue weighted by molar-refractivity contribution is -0.133. The number of amides is 1. The van der Waals surface area contributed by atoms with Crippen molar-refractivity contribution in [1.29, 1.82) is 0 Å². The third-order valence-electron chi connectivity index (χ3n) is 4.90. The van der Waals surface area contributed by atoms with Crippen molar-refractivity contribution in [2.75, 3.05) is 13.1 Å². The van der Waals surface area contributed by atoms with Crippen molar-refractivity contribution in [1.82, 2.24) is 9.88 Å². The van der Waals surface area contributed by atoms with Crippen LogP contribution in [0.4, 0.5) is 4.39 Å². The van der Waals surface area contributed by atoms with Gasteiger partial charge in [0.05, 0.1) is 6.10 Å². The maximum absolute atomic E-state index is 13.0. The first-order chi connectivity index (χ1) is 12.1. The maximum atomic E-state index is 13.0. The molecule has 0 radical (unpaired) electrons. The summed E-state index contributed by atoms with van der Waals surface area (Å²) in [5.74, 6) is -0.0450. The van der Waals surface area contributed by atoms with Crippen LogP contribution in [0.25, 0.3) is 0 Å². The smallest absolute Gasteiger partial charge is 0.222 e. The van der Waals surface area contributed by atoms with Crippen LogP contribution >= 0.6 is 0 Å². The number of aliphatic hydroxyl groups excluding tert-OH is 1. The average Bonchev–Trinajstić information content (AvgIpc) is 2.67. The molecule has 3 rings (SSSR count). The number of aliphatic hydroxyl groups is 1. The zero-order valence-corrected chi connectivity index (χ0v) is 14.1. The van der Waals surface area contributed by atoms with Gasteiger partial charge in [0.2, 0.25) is 5.91 Å². The summed E-state index contributed by atoms with van der Waals surface area (Å²) in [7, 11) is 0. The van der Waals surface area contributed by atoms with Gasteiger partial charge in [-0.25, -0.2) is 4.39 Å². The summed E-state index contributed by atoms with van der Waals surface area (Å²) in [6.45, 7) is 1.32. The number of halogens is 1. The predicted octanol–water partition coefficient (Wildman–Crippen LogP) is 3.13. The van der Waals surface area contributed by atoms with E-state index in [0.29, 0.717) is 25.9 Å². The van der Waals surface area contributed by atoms with Crippen LogP contribution in [0.15, 0.2) is 48.8 Å². The number of likely N-dealkylation sites (tertiary alicyclic amines) is 1. The predicted molar refractivity (Wildman–Crippen MR) is 93.2 cm³/mol. The Morgan fingerprint density at radius 2 is 1.96 bits per heavy atom. The molecule has 1 aliphatic rings. The first-order valence-corrected chi connectivity index (χ1v) is 8.73. The van der Waals surface area contributed by atoms with Crippen LogP contribution in [0, 0.1) is 11.7 Å². The zero-order chi connectivity index (χ0) is 17.6. The van der Waals surface area contributed by atoms with Crippen LogP contribution in [0.5, 0.6) is 0 Å². The number of hydrogen-bond acceptors (Lipinski definition) is 3. The van der Waals surface area contributed by atoms with E-state index in [9.17, 15) is 14.3 Å². The monoisotopic (exact) mass is 342 g/mol. The van der Waals surface area contributed by atoms with E-state index in [4.69, 9.17) is 0 Å². The second-order valence-electron chi connectivity index (χ2n) is 6.58. The molecule has 1 N–H and O–H groups in total. The van der Waals surface area contributed by atoms with E-state index in [1.165, 1.54) is 12.1 Å². The molecule has 1 unspecified atom stereocenters. The molecule has 0 bridgehead atoms. The Bertz CT molecular complexity index is 683. The lowest BCUT2D eigenvalue weighted by Crippen LogP contribution is -2.39. The molecule has 132 valence electrons. The van der Waals surface area contributed by atoms with Gasteiger partial charge in [0.25, 0.3) is 0 Å². The minimum atomic E-state index is -0.603. The number of aryl methyl sites for hydroxylation is 1. The molecular weight excluding hydrogens is 319 g/mol. The largest absolute Gasteiger partial charge is 0.388 e. The Kier molecular flexibility index (Phi) is 5.76. The molecule has 0 spiro atoms. The SMILES string of the molecule is O=C(CCc1cccnc1)N1CCC(C(O)c2ccc(F)cc2)CC1. The molecule has 5 heteroatoms. The minimum Gasteiger partial charge on any atom is -0.388 e. The fourth-order valence-corrected chi connectivity index (χ4v) is 3.35. The van der Waals surface area contributed by atoms with E-state index < -0.39 is 6.10 Å². The van der Waals surface area contributed by atoms with Gasteiger partial charge in [-0.05, 0) is 54.5 Å². The Morgan fingerprint density at radius 1 is 1.24 bits per heavy atom. The summed E-state index contributed by atoms with van der Waals surface area (Å²) in [4.78, 5) is 18.3. The summed E-state index contributed by atoms with van der Waals surface area (Å²) in [5.41, 5.74) is 1.81. The van der Waals surface area contributed by atoms with E-state index in [2.05, 4.69) is 4.98 Å². The van der Waals surface area contributed by atoms with Crippen LogP contribution in [0.2, 0.25) is 0 Å². The molecular formula is C20H23FN2O2. The highest BCUT2D eigenvalue weighted by atomic mass is 19.1. The number of piperidine rings is 1. The van der Waals surface area contributed by atoms with Gasteiger partial charge in [0.1, 0.15) is 5.82 Å². The van der Waals surface area contributed by atoms with Crippen molar-refractivity contribution < 1.29 is 14.3 Å². The molecule has 2 aromatic rings.